The third kappa shape index (κ3) is 2.86. The van der Waals surface area contributed by atoms with Crippen molar-refractivity contribution in [2.75, 3.05) is 26.4 Å². The molecule has 2 heterocycles. The van der Waals surface area contributed by atoms with Gasteiger partial charge in [-0.3, -0.25) is 0 Å². The zero-order valence-electron chi connectivity index (χ0n) is 10.2. The predicted octanol–water partition coefficient (Wildman–Crippen LogP) is 1.26. The molecule has 2 saturated heterocycles. The number of ether oxygens (including phenoxy) is 4. The van der Waals surface area contributed by atoms with Crippen molar-refractivity contribution in [3.05, 3.63) is 17.7 Å². The van der Waals surface area contributed by atoms with Crippen molar-refractivity contribution < 1.29 is 24.1 Å². The quantitative estimate of drug-likeness (QED) is 0.772. The Hall–Kier alpha value is -1.46. The van der Waals surface area contributed by atoms with Gasteiger partial charge >= 0.3 is 0 Å². The Kier molecular flexibility index (Phi) is 3.01. The lowest BCUT2D eigenvalue weighted by atomic mass is 10.2. The van der Waals surface area contributed by atoms with E-state index in [4.69, 9.17) is 18.9 Å². The van der Waals surface area contributed by atoms with Crippen molar-refractivity contribution in [2.24, 2.45) is 0 Å². The Morgan fingerprint density at radius 3 is 1.94 bits per heavy atom. The van der Waals surface area contributed by atoms with Gasteiger partial charge in [-0.2, -0.15) is 0 Å². The summed E-state index contributed by atoms with van der Waals surface area (Å²) in [5.74, 6) is 1.41. The highest BCUT2D eigenvalue weighted by atomic mass is 16.6. The molecule has 2 fully saturated rings. The maximum atomic E-state index is 9.66. The average molecular weight is 252 g/mol. The van der Waals surface area contributed by atoms with E-state index in [1.54, 1.807) is 12.1 Å². The molecule has 18 heavy (non-hydrogen) atoms. The molecule has 0 amide bonds. The van der Waals surface area contributed by atoms with Crippen LogP contribution < -0.4 is 9.47 Å². The van der Waals surface area contributed by atoms with Crippen LogP contribution in [0.25, 0.3) is 0 Å². The molecule has 0 saturated carbocycles. The summed E-state index contributed by atoms with van der Waals surface area (Å²) in [5, 5.41) is 9.66. The molecule has 5 nitrogen and oxygen atoms in total. The van der Waals surface area contributed by atoms with Crippen LogP contribution >= 0.6 is 0 Å². The molecule has 98 valence electrons. The van der Waals surface area contributed by atoms with Crippen LogP contribution in [0.4, 0.5) is 0 Å². The normalized spacial score (nSPS) is 24.7. The standard InChI is InChI=1S/C13H16O5/c1-8-12(17-6-10-4-15-10)2-9(14)3-13(8)18-7-11-5-16-11/h2-3,10-11,14H,4-7H2,1H3. The van der Waals surface area contributed by atoms with Gasteiger partial charge in [0.25, 0.3) is 0 Å². The largest absolute Gasteiger partial charge is 0.508 e. The molecule has 2 unspecified atom stereocenters. The zero-order chi connectivity index (χ0) is 12.5. The van der Waals surface area contributed by atoms with E-state index in [1.807, 2.05) is 6.92 Å². The highest BCUT2D eigenvalue weighted by Gasteiger charge is 2.25. The van der Waals surface area contributed by atoms with Gasteiger partial charge in [-0.15, -0.1) is 0 Å². The zero-order valence-corrected chi connectivity index (χ0v) is 10.2. The number of hydrogen-bond acceptors (Lipinski definition) is 5. The second-order valence-corrected chi connectivity index (χ2v) is 4.60. The lowest BCUT2D eigenvalue weighted by Crippen LogP contribution is -2.08. The molecular weight excluding hydrogens is 236 g/mol. The van der Waals surface area contributed by atoms with Crippen molar-refractivity contribution in [1.29, 1.82) is 0 Å². The molecule has 5 heteroatoms. The first-order valence-corrected chi connectivity index (χ1v) is 6.05. The first-order chi connectivity index (χ1) is 8.72. The summed E-state index contributed by atoms with van der Waals surface area (Å²) in [7, 11) is 0. The van der Waals surface area contributed by atoms with Gasteiger partial charge < -0.3 is 24.1 Å². The number of aromatic hydroxyl groups is 1. The summed E-state index contributed by atoms with van der Waals surface area (Å²) in [6.45, 7) is 4.43. The van der Waals surface area contributed by atoms with E-state index in [0.29, 0.717) is 24.7 Å². The van der Waals surface area contributed by atoms with E-state index in [2.05, 4.69) is 0 Å². The van der Waals surface area contributed by atoms with Crippen molar-refractivity contribution in [3.8, 4) is 17.2 Å². The van der Waals surface area contributed by atoms with E-state index in [-0.39, 0.29) is 18.0 Å². The Bertz CT molecular complexity index is 400. The summed E-state index contributed by atoms with van der Waals surface area (Å²) in [6, 6.07) is 3.19. The van der Waals surface area contributed by atoms with Crippen LogP contribution in [0.15, 0.2) is 12.1 Å². The monoisotopic (exact) mass is 252 g/mol. The van der Waals surface area contributed by atoms with E-state index in [0.717, 1.165) is 18.8 Å². The highest BCUT2D eigenvalue weighted by molar-refractivity contribution is 5.49. The second-order valence-electron chi connectivity index (χ2n) is 4.60. The third-order valence-electron chi connectivity index (χ3n) is 2.95. The Labute approximate surface area is 105 Å². The van der Waals surface area contributed by atoms with Crippen molar-refractivity contribution >= 4 is 0 Å². The molecule has 2 aliphatic rings. The molecule has 0 spiro atoms. The minimum Gasteiger partial charge on any atom is -0.508 e. The van der Waals surface area contributed by atoms with Gasteiger partial charge in [0, 0.05) is 17.7 Å². The first kappa shape index (κ1) is 11.6. The summed E-state index contributed by atoms with van der Waals surface area (Å²) in [5.41, 5.74) is 0.883. The van der Waals surface area contributed by atoms with Gasteiger partial charge in [0.1, 0.15) is 42.7 Å². The number of epoxide rings is 2. The molecule has 3 rings (SSSR count). The first-order valence-electron chi connectivity index (χ1n) is 6.05. The summed E-state index contributed by atoms with van der Waals surface area (Å²) < 4.78 is 21.4. The van der Waals surface area contributed by atoms with Gasteiger partial charge in [0.2, 0.25) is 0 Å². The SMILES string of the molecule is Cc1c(OCC2CO2)cc(O)cc1OCC1CO1. The fourth-order valence-corrected chi connectivity index (χ4v) is 1.64. The number of phenolic OH excluding ortho intramolecular Hbond substituents is 1. The summed E-state index contributed by atoms with van der Waals surface area (Å²) in [4.78, 5) is 0. The van der Waals surface area contributed by atoms with E-state index < -0.39 is 0 Å². The molecule has 2 aliphatic heterocycles. The van der Waals surface area contributed by atoms with Gasteiger partial charge in [-0.1, -0.05) is 0 Å². The molecule has 0 bridgehead atoms. The van der Waals surface area contributed by atoms with Gasteiger partial charge in [0.05, 0.1) is 13.2 Å². The highest BCUT2D eigenvalue weighted by Crippen LogP contribution is 2.33. The molecule has 1 aromatic carbocycles. The van der Waals surface area contributed by atoms with Crippen LogP contribution in [-0.4, -0.2) is 43.7 Å². The van der Waals surface area contributed by atoms with Crippen LogP contribution in [0.2, 0.25) is 0 Å². The minimum atomic E-state index is 0.138. The Balaban J connectivity index is 1.69. The maximum absolute atomic E-state index is 9.66. The van der Waals surface area contributed by atoms with Crippen molar-refractivity contribution in [3.63, 3.8) is 0 Å². The lowest BCUT2D eigenvalue weighted by molar-refractivity contribution is 0.248. The molecule has 0 aromatic heterocycles. The fraction of sp³-hybridized carbons (Fsp3) is 0.538. The fourth-order valence-electron chi connectivity index (χ4n) is 1.64. The smallest absolute Gasteiger partial charge is 0.129 e. The van der Waals surface area contributed by atoms with Crippen LogP contribution in [0.5, 0.6) is 17.2 Å². The van der Waals surface area contributed by atoms with E-state index in [1.165, 1.54) is 0 Å². The predicted molar refractivity (Wildman–Crippen MR) is 63.3 cm³/mol. The van der Waals surface area contributed by atoms with Crippen LogP contribution in [0, 0.1) is 6.92 Å². The van der Waals surface area contributed by atoms with Crippen molar-refractivity contribution in [2.45, 2.75) is 19.1 Å². The summed E-state index contributed by atoms with van der Waals surface area (Å²) >= 11 is 0. The molecule has 1 aromatic rings. The molecule has 2 atom stereocenters. The van der Waals surface area contributed by atoms with Gasteiger partial charge in [-0.05, 0) is 6.92 Å². The number of benzene rings is 1. The Morgan fingerprint density at radius 2 is 1.56 bits per heavy atom. The number of phenols is 1. The molecular formula is C13H16O5. The molecule has 1 N–H and O–H groups in total. The van der Waals surface area contributed by atoms with E-state index in [9.17, 15) is 5.11 Å². The number of rotatable bonds is 6. The van der Waals surface area contributed by atoms with Crippen LogP contribution in [0.3, 0.4) is 0 Å². The van der Waals surface area contributed by atoms with Crippen molar-refractivity contribution in [1.82, 2.24) is 0 Å². The lowest BCUT2D eigenvalue weighted by Gasteiger charge is -2.13. The van der Waals surface area contributed by atoms with Gasteiger partial charge in [-0.25, -0.2) is 0 Å². The van der Waals surface area contributed by atoms with Gasteiger partial charge in [0.15, 0.2) is 0 Å². The summed E-state index contributed by atoms with van der Waals surface area (Å²) in [6.07, 6.45) is 0.381. The average Bonchev–Trinajstić information content (AvgIpc) is 3.22. The van der Waals surface area contributed by atoms with Crippen LogP contribution in [-0.2, 0) is 9.47 Å². The van der Waals surface area contributed by atoms with E-state index >= 15 is 0 Å². The number of hydrogen-bond donors (Lipinski definition) is 1. The second kappa shape index (κ2) is 4.66. The Morgan fingerprint density at radius 1 is 1.11 bits per heavy atom. The van der Waals surface area contributed by atoms with Crippen LogP contribution in [0.1, 0.15) is 5.56 Å². The molecule has 0 radical (unpaired) electrons. The minimum absolute atomic E-state index is 0.138. The topological polar surface area (TPSA) is 63.8 Å². The maximum Gasteiger partial charge on any atom is 0.129 e. The third-order valence-corrected chi connectivity index (χ3v) is 2.95. The molecule has 0 aliphatic carbocycles.